The highest BCUT2D eigenvalue weighted by Crippen LogP contribution is 2.56. The normalized spacial score (nSPS) is 15.4. The fraction of sp³-hybridized carbons (Fsp3) is 0.292. The fourth-order valence-electron chi connectivity index (χ4n) is 13.1. The molecule has 7 aromatic carbocycles. The Hall–Kier alpha value is -6.05. The molecule has 0 amide bonds. The van der Waals surface area contributed by atoms with Gasteiger partial charge in [-0.05, 0) is 239 Å². The van der Waals surface area contributed by atoms with Crippen molar-refractivity contribution in [3.05, 3.63) is 163 Å². The Morgan fingerprint density at radius 2 is 1.25 bits per heavy atom. The zero-order chi connectivity index (χ0) is 47.4. The van der Waals surface area contributed by atoms with Crippen LogP contribution in [-0.4, -0.2) is 19.7 Å². The Morgan fingerprint density at radius 3 is 1.90 bits per heavy atom. The van der Waals surface area contributed by atoms with Crippen molar-refractivity contribution in [1.29, 1.82) is 0 Å². The SMILES string of the molecule is C/C=C1\Bc2c(C)c(C)c(C)c3c2-c2c1c(C(C)=C(C)C)c(-c1ccc(C4=CC=C(c5c(CC)ccc(CCC)c5-c5ccccc5C)CC4)c4ccccc14)c1c(C4CC4)c(C)c(O)c(c21)B3. The van der Waals surface area contributed by atoms with Gasteiger partial charge in [0.25, 0.3) is 0 Å². The van der Waals surface area contributed by atoms with Crippen LogP contribution in [0.3, 0.4) is 0 Å². The second-order valence-corrected chi connectivity index (χ2v) is 21.0. The molecule has 3 heteroatoms. The summed E-state index contributed by atoms with van der Waals surface area (Å²) < 4.78 is 0. The van der Waals surface area contributed by atoms with E-state index >= 15 is 0 Å². The van der Waals surface area contributed by atoms with Crippen LogP contribution in [0.4, 0.5) is 0 Å². The Balaban J connectivity index is 1.19. The minimum Gasteiger partial charge on any atom is -0.508 e. The number of benzene rings is 7. The molecule has 0 aromatic heterocycles. The summed E-state index contributed by atoms with van der Waals surface area (Å²) in [6, 6.07) is 28.0. The van der Waals surface area contributed by atoms with Crippen LogP contribution in [0, 0.1) is 34.6 Å². The van der Waals surface area contributed by atoms with Gasteiger partial charge in [0.05, 0.1) is 0 Å². The first-order valence-corrected chi connectivity index (χ1v) is 25.8. The number of allylic oxidation sites excluding steroid dienone is 7. The standard InChI is InChI=1S/C65H66B2O/c1-12-19-43-27-24-41(13-2)54(55(43)46-21-16-15-20-35(46)6)45-28-25-42(26-29-45)47-32-33-50(49-23-18-17-22-48(47)49)56-53(36(7)34(4)5)57-51(14-3)66-62-38(9)37(8)39(10)63-61(62)59(57)60-58(56)52(44-30-31-44)40(11)65(68)64(60)67-63/h14-18,20-25,27-28,32-33,44,66-68H,12-13,19,26,29-31H2,1-11H3/b51-14-. The zero-order valence-corrected chi connectivity index (χ0v) is 42.5. The van der Waals surface area contributed by atoms with Crippen molar-refractivity contribution in [1.82, 2.24) is 0 Å². The first-order valence-electron chi connectivity index (χ1n) is 25.8. The molecule has 0 unspecified atom stereocenters. The summed E-state index contributed by atoms with van der Waals surface area (Å²) >= 11 is 0. The van der Waals surface area contributed by atoms with Gasteiger partial charge < -0.3 is 5.11 Å². The van der Waals surface area contributed by atoms with Gasteiger partial charge in [0.2, 0.25) is 0 Å². The van der Waals surface area contributed by atoms with Gasteiger partial charge in [-0.3, -0.25) is 0 Å². The number of hydrogen-bond donors (Lipinski definition) is 1. The van der Waals surface area contributed by atoms with E-state index in [2.05, 4.69) is 167 Å². The molecule has 2 heterocycles. The minimum absolute atomic E-state index is 0.444. The third-order valence-corrected chi connectivity index (χ3v) is 17.2. The molecule has 0 atom stereocenters. The van der Waals surface area contributed by atoms with E-state index in [1.54, 1.807) is 0 Å². The van der Waals surface area contributed by atoms with Crippen LogP contribution in [0.25, 0.3) is 77.1 Å². The highest BCUT2D eigenvalue weighted by atomic mass is 16.3. The molecule has 7 aromatic rings. The van der Waals surface area contributed by atoms with Gasteiger partial charge in [0.1, 0.15) is 5.75 Å². The zero-order valence-electron chi connectivity index (χ0n) is 42.5. The van der Waals surface area contributed by atoms with Crippen LogP contribution >= 0.6 is 0 Å². The topological polar surface area (TPSA) is 20.2 Å². The van der Waals surface area contributed by atoms with Crippen molar-refractivity contribution in [2.75, 3.05) is 0 Å². The first-order chi connectivity index (χ1) is 32.9. The lowest BCUT2D eigenvalue weighted by molar-refractivity contribution is 0.475. The number of fused-ring (bicyclic) bond motifs is 1. The summed E-state index contributed by atoms with van der Waals surface area (Å²) in [4.78, 5) is 0. The largest absolute Gasteiger partial charge is 0.508 e. The molecule has 4 aliphatic rings. The third kappa shape index (κ3) is 6.58. The van der Waals surface area contributed by atoms with Gasteiger partial charge in [0, 0.05) is 0 Å². The van der Waals surface area contributed by atoms with Gasteiger partial charge in [-0.25, -0.2) is 0 Å². The van der Waals surface area contributed by atoms with E-state index in [4.69, 9.17) is 0 Å². The Morgan fingerprint density at radius 1 is 0.603 bits per heavy atom. The average Bonchev–Trinajstić information content (AvgIpc) is 4.20. The Kier molecular flexibility index (Phi) is 11.0. The third-order valence-electron chi connectivity index (χ3n) is 17.2. The maximum absolute atomic E-state index is 12.5. The van der Waals surface area contributed by atoms with E-state index in [0.717, 1.165) is 57.7 Å². The van der Waals surface area contributed by atoms with Gasteiger partial charge in [-0.1, -0.05) is 144 Å². The van der Waals surface area contributed by atoms with Crippen LogP contribution in [0.2, 0.25) is 0 Å². The van der Waals surface area contributed by atoms with Crippen molar-refractivity contribution >= 4 is 74.7 Å². The molecule has 1 saturated carbocycles. The van der Waals surface area contributed by atoms with Gasteiger partial charge >= 0.3 is 0 Å². The molecule has 0 radical (unpaired) electrons. The molecule has 2 aliphatic heterocycles. The first kappa shape index (κ1) is 44.5. The van der Waals surface area contributed by atoms with E-state index in [1.165, 1.54) is 168 Å². The van der Waals surface area contributed by atoms with Crippen LogP contribution < -0.4 is 16.4 Å². The van der Waals surface area contributed by atoms with E-state index < -0.39 is 0 Å². The van der Waals surface area contributed by atoms with E-state index in [0.29, 0.717) is 11.7 Å². The fourth-order valence-corrected chi connectivity index (χ4v) is 13.1. The summed E-state index contributed by atoms with van der Waals surface area (Å²) in [5.41, 5.74) is 35.8. The smallest absolute Gasteiger partial charge is 0.199 e. The van der Waals surface area contributed by atoms with Crippen LogP contribution in [0.15, 0.2) is 96.6 Å². The molecular formula is C65H66B2O. The molecular weight excluding hydrogens is 818 g/mol. The van der Waals surface area contributed by atoms with Crippen molar-refractivity contribution in [2.45, 2.75) is 127 Å². The summed E-state index contributed by atoms with van der Waals surface area (Å²) in [5, 5.41) is 17.9. The molecule has 11 rings (SSSR count). The molecule has 68 heavy (non-hydrogen) atoms. The quantitative estimate of drug-likeness (QED) is 0.143. The molecule has 0 saturated heterocycles. The highest BCUT2D eigenvalue weighted by molar-refractivity contribution is 6.82. The molecule has 2 aliphatic carbocycles. The molecule has 338 valence electrons. The molecule has 1 nitrogen and oxygen atoms in total. The van der Waals surface area contributed by atoms with Gasteiger partial charge in [0.15, 0.2) is 14.6 Å². The number of aromatic hydroxyl groups is 1. The van der Waals surface area contributed by atoms with Crippen LogP contribution in [0.5, 0.6) is 5.75 Å². The predicted molar refractivity (Wildman–Crippen MR) is 301 cm³/mol. The maximum Gasteiger partial charge on any atom is 0.199 e. The van der Waals surface area contributed by atoms with Gasteiger partial charge in [-0.2, -0.15) is 0 Å². The van der Waals surface area contributed by atoms with Crippen molar-refractivity contribution in [2.24, 2.45) is 0 Å². The lowest BCUT2D eigenvalue weighted by Gasteiger charge is -2.38. The maximum atomic E-state index is 12.5. The minimum atomic E-state index is 0.444. The number of rotatable bonds is 9. The number of hydrogen-bond acceptors (Lipinski definition) is 1. The monoisotopic (exact) mass is 885 g/mol. The molecule has 1 fully saturated rings. The van der Waals surface area contributed by atoms with Gasteiger partial charge in [-0.15, -0.1) is 0 Å². The summed E-state index contributed by atoms with van der Waals surface area (Å²) in [7, 11) is 1.69. The molecule has 1 N–H and O–H groups in total. The lowest BCUT2D eigenvalue weighted by atomic mass is 9.44. The Bertz CT molecular complexity index is 3480. The second-order valence-electron chi connectivity index (χ2n) is 21.0. The van der Waals surface area contributed by atoms with E-state index in [1.807, 2.05) is 0 Å². The highest BCUT2D eigenvalue weighted by Gasteiger charge is 2.41. The summed E-state index contributed by atoms with van der Waals surface area (Å²) in [6.45, 7) is 25.3. The number of aryl methyl sites for hydroxylation is 3. The lowest BCUT2D eigenvalue weighted by Crippen LogP contribution is -2.44. The summed E-state index contributed by atoms with van der Waals surface area (Å²) in [5.74, 6) is 0.961. The molecule has 0 bridgehead atoms. The van der Waals surface area contributed by atoms with Crippen molar-refractivity contribution in [3.63, 3.8) is 0 Å². The van der Waals surface area contributed by atoms with Crippen LogP contribution in [0.1, 0.15) is 146 Å². The predicted octanol–water partition coefficient (Wildman–Crippen LogP) is 14.8. The van der Waals surface area contributed by atoms with E-state index in [-0.39, 0.29) is 0 Å². The number of phenolic OH excluding ortho intramolecular Hbond substituents is 1. The van der Waals surface area contributed by atoms with Crippen LogP contribution in [-0.2, 0) is 12.8 Å². The second kappa shape index (κ2) is 16.9. The van der Waals surface area contributed by atoms with E-state index in [9.17, 15) is 5.11 Å². The molecule has 0 spiro atoms. The number of phenols is 1. The Labute approximate surface area is 407 Å². The summed E-state index contributed by atoms with van der Waals surface area (Å²) in [6.07, 6.45) is 14.9. The van der Waals surface area contributed by atoms with Crippen molar-refractivity contribution in [3.8, 4) is 39.1 Å². The van der Waals surface area contributed by atoms with Crippen molar-refractivity contribution < 1.29 is 5.11 Å². The average molecular weight is 885 g/mol.